The van der Waals surface area contributed by atoms with Gasteiger partial charge in [-0.2, -0.15) is 0 Å². The van der Waals surface area contributed by atoms with Crippen molar-refractivity contribution in [2.45, 2.75) is 26.9 Å². The number of rotatable bonds is 4. The first kappa shape index (κ1) is 16.3. The summed E-state index contributed by atoms with van der Waals surface area (Å²) in [5.74, 6) is 1.15. The maximum atomic E-state index is 11.9. The summed E-state index contributed by atoms with van der Waals surface area (Å²) in [7, 11) is 3.19. The lowest BCUT2D eigenvalue weighted by Gasteiger charge is -2.12. The van der Waals surface area contributed by atoms with Crippen molar-refractivity contribution in [3.8, 4) is 17.1 Å². The fourth-order valence-corrected chi connectivity index (χ4v) is 2.66. The topological polar surface area (TPSA) is 74.7 Å². The molecule has 0 bridgehead atoms. The average molecular weight is 329 g/mol. The van der Waals surface area contributed by atoms with Gasteiger partial charge in [0.1, 0.15) is 17.0 Å². The molecule has 0 N–H and O–H groups in total. The zero-order chi connectivity index (χ0) is 17.4. The van der Waals surface area contributed by atoms with Crippen LogP contribution in [0, 0.1) is 13.8 Å². The minimum atomic E-state index is -0.342. The molecule has 1 atom stereocenters. The normalized spacial score (nSPS) is 12.5. The number of hydrogen-bond acceptors (Lipinski definition) is 6. The van der Waals surface area contributed by atoms with Crippen LogP contribution in [-0.2, 0) is 4.74 Å². The Bertz CT molecular complexity index is 954. The number of fused-ring (bicyclic) bond motifs is 1. The second-order valence-electron chi connectivity index (χ2n) is 5.65. The predicted molar refractivity (Wildman–Crippen MR) is 89.4 cm³/mol. The molecule has 1 aromatic carbocycles. The number of nitrogens with zero attached hydrogens (tertiary/aromatic N) is 1. The number of aryl methyl sites for hydroxylation is 1. The second kappa shape index (κ2) is 6.13. The number of ether oxygens (including phenoxy) is 2. The van der Waals surface area contributed by atoms with Gasteiger partial charge in [0.15, 0.2) is 5.76 Å². The molecular weight excluding hydrogens is 310 g/mol. The lowest BCUT2D eigenvalue weighted by Crippen LogP contribution is -2.06. The van der Waals surface area contributed by atoms with E-state index in [-0.39, 0.29) is 11.7 Å². The zero-order valence-electron chi connectivity index (χ0n) is 14.3. The Morgan fingerprint density at radius 3 is 2.58 bits per heavy atom. The molecule has 2 heterocycles. The van der Waals surface area contributed by atoms with E-state index >= 15 is 0 Å². The molecule has 0 aliphatic carbocycles. The highest BCUT2D eigenvalue weighted by atomic mass is 16.5. The summed E-state index contributed by atoms with van der Waals surface area (Å²) in [6.07, 6.45) is -0.170. The Hall–Kier alpha value is -2.60. The third-order valence-electron chi connectivity index (χ3n) is 4.33. The molecule has 6 heteroatoms. The van der Waals surface area contributed by atoms with Gasteiger partial charge in [0, 0.05) is 18.7 Å². The monoisotopic (exact) mass is 329 g/mol. The van der Waals surface area contributed by atoms with Crippen molar-refractivity contribution >= 4 is 11.0 Å². The maximum Gasteiger partial charge on any atom is 0.339 e. The third-order valence-corrected chi connectivity index (χ3v) is 4.33. The molecule has 0 spiro atoms. The minimum absolute atomic E-state index is 0.170. The van der Waals surface area contributed by atoms with Gasteiger partial charge in [-0.15, -0.1) is 0 Å². The molecule has 6 nitrogen and oxygen atoms in total. The van der Waals surface area contributed by atoms with Crippen molar-refractivity contribution in [2.24, 2.45) is 0 Å². The fraction of sp³-hybridized carbons (Fsp3) is 0.333. The molecule has 3 aromatic rings. The Morgan fingerprint density at radius 2 is 1.92 bits per heavy atom. The van der Waals surface area contributed by atoms with Crippen molar-refractivity contribution in [1.82, 2.24) is 5.16 Å². The average Bonchev–Trinajstić information content (AvgIpc) is 3.07. The van der Waals surface area contributed by atoms with E-state index in [0.29, 0.717) is 28.4 Å². The van der Waals surface area contributed by atoms with Crippen molar-refractivity contribution < 1.29 is 18.4 Å². The highest BCUT2D eigenvalue weighted by molar-refractivity contribution is 5.93. The van der Waals surface area contributed by atoms with Crippen LogP contribution in [0.15, 0.2) is 31.9 Å². The first-order valence-electron chi connectivity index (χ1n) is 7.58. The third kappa shape index (κ3) is 2.49. The van der Waals surface area contributed by atoms with Gasteiger partial charge < -0.3 is 18.4 Å². The molecule has 0 fully saturated rings. The molecule has 1 unspecified atom stereocenters. The van der Waals surface area contributed by atoms with Gasteiger partial charge in [-0.05, 0) is 38.5 Å². The van der Waals surface area contributed by atoms with E-state index in [1.165, 1.54) is 0 Å². The van der Waals surface area contributed by atoms with Crippen molar-refractivity contribution in [1.29, 1.82) is 0 Å². The van der Waals surface area contributed by atoms with E-state index in [0.717, 1.165) is 16.5 Å². The van der Waals surface area contributed by atoms with E-state index in [1.807, 2.05) is 19.9 Å². The summed E-state index contributed by atoms with van der Waals surface area (Å²) < 4.78 is 21.7. The van der Waals surface area contributed by atoms with Gasteiger partial charge in [-0.3, -0.25) is 0 Å². The molecule has 0 saturated heterocycles. The molecule has 126 valence electrons. The van der Waals surface area contributed by atoms with Gasteiger partial charge in [0.05, 0.1) is 24.2 Å². The number of hydrogen-bond donors (Lipinski definition) is 0. The van der Waals surface area contributed by atoms with E-state index in [2.05, 4.69) is 5.16 Å². The summed E-state index contributed by atoms with van der Waals surface area (Å²) in [6.45, 7) is 5.50. The van der Waals surface area contributed by atoms with Gasteiger partial charge in [-0.25, -0.2) is 4.79 Å². The van der Waals surface area contributed by atoms with Crippen LogP contribution in [0.3, 0.4) is 0 Å². The Morgan fingerprint density at radius 1 is 1.17 bits per heavy atom. The molecule has 2 aromatic heterocycles. The van der Waals surface area contributed by atoms with E-state index in [9.17, 15) is 4.79 Å². The Kier molecular flexibility index (Phi) is 4.15. The van der Waals surface area contributed by atoms with Crippen LogP contribution in [0.5, 0.6) is 5.75 Å². The first-order valence-corrected chi connectivity index (χ1v) is 7.58. The van der Waals surface area contributed by atoms with Crippen molar-refractivity contribution in [3.05, 3.63) is 45.4 Å². The quantitative estimate of drug-likeness (QED) is 0.678. The molecule has 0 aliphatic rings. The van der Waals surface area contributed by atoms with Crippen LogP contribution in [0.2, 0.25) is 0 Å². The highest BCUT2D eigenvalue weighted by Crippen LogP contribution is 2.39. The molecular formula is C18H19NO5. The molecule has 3 rings (SSSR count). The summed E-state index contributed by atoms with van der Waals surface area (Å²) in [4.78, 5) is 11.9. The Balaban J connectivity index is 2.26. The van der Waals surface area contributed by atoms with Gasteiger partial charge in [0.2, 0.25) is 0 Å². The van der Waals surface area contributed by atoms with Crippen LogP contribution >= 0.6 is 0 Å². The summed E-state index contributed by atoms with van der Waals surface area (Å²) in [5, 5.41) is 4.80. The molecule has 0 saturated carbocycles. The van der Waals surface area contributed by atoms with E-state index in [4.69, 9.17) is 18.4 Å². The molecule has 0 aliphatic heterocycles. The van der Waals surface area contributed by atoms with Crippen molar-refractivity contribution in [2.75, 3.05) is 14.2 Å². The fourth-order valence-electron chi connectivity index (χ4n) is 2.66. The summed E-state index contributed by atoms with van der Waals surface area (Å²) >= 11 is 0. The number of methoxy groups -OCH3 is 2. The predicted octanol–water partition coefficient (Wildman–Crippen LogP) is 3.78. The van der Waals surface area contributed by atoms with Crippen LogP contribution in [0.4, 0.5) is 0 Å². The molecule has 0 amide bonds. The summed E-state index contributed by atoms with van der Waals surface area (Å²) in [6, 6.07) is 5.35. The van der Waals surface area contributed by atoms with Crippen LogP contribution in [0.25, 0.3) is 22.3 Å². The lowest BCUT2D eigenvalue weighted by atomic mass is 10.0. The Labute approximate surface area is 139 Å². The van der Waals surface area contributed by atoms with Gasteiger partial charge in [-0.1, -0.05) is 5.16 Å². The van der Waals surface area contributed by atoms with E-state index < -0.39 is 0 Å². The van der Waals surface area contributed by atoms with Crippen LogP contribution in [-0.4, -0.2) is 19.4 Å². The number of benzene rings is 1. The SMILES string of the molecule is COc1c(-c2cc(C(C)OC)no2)ccc2oc(=O)c(C)c(C)c12. The largest absolute Gasteiger partial charge is 0.495 e. The highest BCUT2D eigenvalue weighted by Gasteiger charge is 2.20. The van der Waals surface area contributed by atoms with E-state index in [1.54, 1.807) is 33.3 Å². The first-order chi connectivity index (χ1) is 11.5. The zero-order valence-corrected chi connectivity index (χ0v) is 14.3. The van der Waals surface area contributed by atoms with Crippen LogP contribution in [0.1, 0.15) is 29.8 Å². The number of aromatic nitrogens is 1. The van der Waals surface area contributed by atoms with Crippen LogP contribution < -0.4 is 10.4 Å². The molecule has 0 radical (unpaired) electrons. The summed E-state index contributed by atoms with van der Waals surface area (Å²) in [5.41, 5.74) is 2.96. The smallest absolute Gasteiger partial charge is 0.339 e. The molecule has 24 heavy (non-hydrogen) atoms. The standard InChI is InChI=1S/C18H19NO5/c1-9-10(2)18(20)23-14-7-6-12(17(22-5)16(9)14)15-8-13(19-24-15)11(3)21-4/h6-8,11H,1-5H3. The minimum Gasteiger partial charge on any atom is -0.495 e. The second-order valence-corrected chi connectivity index (χ2v) is 5.65. The lowest BCUT2D eigenvalue weighted by molar-refractivity contribution is 0.112. The van der Waals surface area contributed by atoms with Gasteiger partial charge >= 0.3 is 5.63 Å². The van der Waals surface area contributed by atoms with Crippen molar-refractivity contribution in [3.63, 3.8) is 0 Å². The maximum absolute atomic E-state index is 11.9. The van der Waals surface area contributed by atoms with Gasteiger partial charge in [0.25, 0.3) is 0 Å².